The lowest BCUT2D eigenvalue weighted by atomic mass is 10.1. The molecule has 0 radical (unpaired) electrons. The predicted molar refractivity (Wildman–Crippen MR) is 92.0 cm³/mol. The van der Waals surface area contributed by atoms with E-state index >= 15 is 0 Å². The molecule has 0 spiro atoms. The Morgan fingerprint density at radius 2 is 1.95 bits per heavy atom. The van der Waals surface area contributed by atoms with Gasteiger partial charge in [0.25, 0.3) is 0 Å². The van der Waals surface area contributed by atoms with Crippen LogP contribution in [0.15, 0.2) is 42.7 Å². The number of benzene rings is 1. The number of pyridine rings is 1. The molecule has 2 aromatic heterocycles. The second-order valence-corrected chi connectivity index (χ2v) is 5.59. The van der Waals surface area contributed by atoms with Crippen LogP contribution in [0.5, 0.6) is 0 Å². The number of aromatic nitrogens is 3. The lowest BCUT2D eigenvalue weighted by Crippen LogP contribution is -2.03. The van der Waals surface area contributed by atoms with Crippen LogP contribution >= 0.6 is 0 Å². The number of unbranched alkanes of at least 4 members (excludes halogenated alkanes) is 3. The fourth-order valence-corrected chi connectivity index (χ4v) is 2.60. The van der Waals surface area contributed by atoms with Gasteiger partial charge in [0.05, 0.1) is 11.7 Å². The third kappa shape index (κ3) is 3.45. The van der Waals surface area contributed by atoms with Gasteiger partial charge in [-0.25, -0.2) is 4.98 Å². The van der Waals surface area contributed by atoms with E-state index in [0.29, 0.717) is 0 Å². The summed E-state index contributed by atoms with van der Waals surface area (Å²) in [4.78, 5) is 4.41. The molecule has 4 nitrogen and oxygen atoms in total. The van der Waals surface area contributed by atoms with Crippen LogP contribution < -0.4 is 5.32 Å². The Balaban J connectivity index is 1.70. The Bertz CT molecular complexity index is 733. The normalized spacial score (nSPS) is 11.0. The van der Waals surface area contributed by atoms with E-state index in [4.69, 9.17) is 0 Å². The molecule has 3 aromatic rings. The van der Waals surface area contributed by atoms with E-state index in [0.717, 1.165) is 23.3 Å². The lowest BCUT2D eigenvalue weighted by Gasteiger charge is -2.08. The summed E-state index contributed by atoms with van der Waals surface area (Å²) in [6, 6.07) is 10.5. The van der Waals surface area contributed by atoms with E-state index in [9.17, 15) is 0 Å². The van der Waals surface area contributed by atoms with Crippen molar-refractivity contribution < 1.29 is 0 Å². The van der Waals surface area contributed by atoms with Crippen LogP contribution in [0.2, 0.25) is 0 Å². The van der Waals surface area contributed by atoms with Crippen molar-refractivity contribution in [3.63, 3.8) is 0 Å². The van der Waals surface area contributed by atoms with Crippen LogP contribution in [0.3, 0.4) is 0 Å². The predicted octanol–water partition coefficient (Wildman–Crippen LogP) is 4.62. The molecule has 0 aliphatic heterocycles. The minimum absolute atomic E-state index is 0.946. The molecule has 0 amide bonds. The number of aromatic amines is 1. The Morgan fingerprint density at radius 3 is 2.86 bits per heavy atom. The van der Waals surface area contributed by atoms with E-state index < -0.39 is 0 Å². The highest BCUT2D eigenvalue weighted by atomic mass is 15.1. The lowest BCUT2D eigenvalue weighted by molar-refractivity contribution is 0.684. The quantitative estimate of drug-likeness (QED) is 0.625. The molecule has 0 bridgehead atoms. The third-order valence-electron chi connectivity index (χ3n) is 3.87. The van der Waals surface area contributed by atoms with Crippen molar-refractivity contribution in [2.45, 2.75) is 32.6 Å². The van der Waals surface area contributed by atoms with Gasteiger partial charge in [-0.2, -0.15) is 5.10 Å². The zero-order valence-corrected chi connectivity index (χ0v) is 13.0. The largest absolute Gasteiger partial charge is 0.370 e. The van der Waals surface area contributed by atoms with Gasteiger partial charge in [0, 0.05) is 18.1 Å². The molecular formula is C18H22N4. The summed E-state index contributed by atoms with van der Waals surface area (Å²) in [6.45, 7) is 3.21. The van der Waals surface area contributed by atoms with Crippen molar-refractivity contribution >= 4 is 16.7 Å². The van der Waals surface area contributed by atoms with Gasteiger partial charge in [-0.05, 0) is 41.8 Å². The molecule has 0 aliphatic rings. The van der Waals surface area contributed by atoms with Gasteiger partial charge in [0.15, 0.2) is 0 Å². The standard InChI is InChI=1S/C18H22N4/c1-2-3-4-5-9-19-18-12-15(8-10-20-18)14-6-7-17-16(11-14)13-21-22-17/h6-8,10-13H,2-5,9H2,1H3,(H,19,20)(H,21,22). The SMILES string of the molecule is CCCCCCNc1cc(-c2ccc3[nH]ncc3c2)ccn1. The highest BCUT2D eigenvalue weighted by Gasteiger charge is 2.03. The highest BCUT2D eigenvalue weighted by molar-refractivity contribution is 5.84. The molecule has 0 aliphatic carbocycles. The van der Waals surface area contributed by atoms with Crippen LogP contribution in [-0.4, -0.2) is 21.7 Å². The molecule has 0 fully saturated rings. The van der Waals surface area contributed by atoms with E-state index in [2.05, 4.69) is 51.7 Å². The van der Waals surface area contributed by atoms with E-state index in [1.54, 1.807) is 0 Å². The van der Waals surface area contributed by atoms with Crippen LogP contribution in [0.1, 0.15) is 32.6 Å². The first-order chi connectivity index (χ1) is 10.9. The average Bonchev–Trinajstić information content (AvgIpc) is 3.02. The number of nitrogens with zero attached hydrogens (tertiary/aromatic N) is 2. The second-order valence-electron chi connectivity index (χ2n) is 5.59. The van der Waals surface area contributed by atoms with Gasteiger partial charge in [0.1, 0.15) is 5.82 Å². The zero-order valence-electron chi connectivity index (χ0n) is 13.0. The van der Waals surface area contributed by atoms with E-state index in [1.165, 1.54) is 36.8 Å². The van der Waals surface area contributed by atoms with Crippen LogP contribution in [0.4, 0.5) is 5.82 Å². The molecule has 0 saturated heterocycles. The first-order valence-electron chi connectivity index (χ1n) is 8.00. The van der Waals surface area contributed by atoms with Crippen molar-refractivity contribution in [3.8, 4) is 11.1 Å². The smallest absolute Gasteiger partial charge is 0.126 e. The van der Waals surface area contributed by atoms with Crippen molar-refractivity contribution in [3.05, 3.63) is 42.7 Å². The Morgan fingerprint density at radius 1 is 1.05 bits per heavy atom. The molecule has 4 heteroatoms. The number of hydrogen-bond acceptors (Lipinski definition) is 3. The highest BCUT2D eigenvalue weighted by Crippen LogP contribution is 2.24. The molecule has 114 valence electrons. The first kappa shape index (κ1) is 14.6. The maximum absolute atomic E-state index is 4.41. The summed E-state index contributed by atoms with van der Waals surface area (Å²) in [7, 11) is 0. The molecule has 1 aromatic carbocycles. The van der Waals surface area contributed by atoms with Crippen molar-refractivity contribution in [1.29, 1.82) is 0 Å². The van der Waals surface area contributed by atoms with Crippen LogP contribution in [-0.2, 0) is 0 Å². The summed E-state index contributed by atoms with van der Waals surface area (Å²) >= 11 is 0. The Kier molecular flexibility index (Phi) is 4.68. The summed E-state index contributed by atoms with van der Waals surface area (Å²) in [5.74, 6) is 0.946. The van der Waals surface area contributed by atoms with Gasteiger partial charge in [-0.1, -0.05) is 32.3 Å². The molecule has 0 saturated carbocycles. The minimum atomic E-state index is 0.946. The van der Waals surface area contributed by atoms with Crippen LogP contribution in [0.25, 0.3) is 22.0 Å². The van der Waals surface area contributed by atoms with Gasteiger partial charge < -0.3 is 5.32 Å². The van der Waals surface area contributed by atoms with Gasteiger partial charge in [0.2, 0.25) is 0 Å². The zero-order chi connectivity index (χ0) is 15.2. The molecule has 2 heterocycles. The molecular weight excluding hydrogens is 272 g/mol. The number of fused-ring (bicyclic) bond motifs is 1. The first-order valence-corrected chi connectivity index (χ1v) is 8.00. The fourth-order valence-electron chi connectivity index (χ4n) is 2.60. The minimum Gasteiger partial charge on any atom is -0.370 e. The fraction of sp³-hybridized carbons (Fsp3) is 0.333. The second kappa shape index (κ2) is 7.07. The molecule has 0 atom stereocenters. The number of anilines is 1. The van der Waals surface area contributed by atoms with E-state index in [-0.39, 0.29) is 0 Å². The van der Waals surface area contributed by atoms with Gasteiger partial charge in [-0.15, -0.1) is 0 Å². The topological polar surface area (TPSA) is 53.6 Å². The monoisotopic (exact) mass is 294 g/mol. The van der Waals surface area contributed by atoms with Gasteiger partial charge >= 0.3 is 0 Å². The summed E-state index contributed by atoms with van der Waals surface area (Å²) in [5.41, 5.74) is 3.42. The van der Waals surface area contributed by atoms with Crippen LogP contribution in [0, 0.1) is 0 Å². The average molecular weight is 294 g/mol. The molecule has 22 heavy (non-hydrogen) atoms. The summed E-state index contributed by atoms with van der Waals surface area (Å²) in [5, 5.41) is 11.6. The number of nitrogens with one attached hydrogen (secondary N) is 2. The maximum Gasteiger partial charge on any atom is 0.126 e. The van der Waals surface area contributed by atoms with Gasteiger partial charge in [-0.3, -0.25) is 5.10 Å². The Labute approximate surface area is 131 Å². The molecule has 3 rings (SSSR count). The number of hydrogen-bond donors (Lipinski definition) is 2. The number of H-pyrrole nitrogens is 1. The Hall–Kier alpha value is -2.36. The summed E-state index contributed by atoms with van der Waals surface area (Å²) < 4.78 is 0. The number of rotatable bonds is 7. The maximum atomic E-state index is 4.41. The van der Waals surface area contributed by atoms with Crippen molar-refractivity contribution in [1.82, 2.24) is 15.2 Å². The summed E-state index contributed by atoms with van der Waals surface area (Å²) in [6.07, 6.45) is 8.77. The van der Waals surface area contributed by atoms with Crippen molar-refractivity contribution in [2.75, 3.05) is 11.9 Å². The van der Waals surface area contributed by atoms with E-state index in [1.807, 2.05) is 18.5 Å². The molecule has 2 N–H and O–H groups in total. The third-order valence-corrected chi connectivity index (χ3v) is 3.87. The molecule has 0 unspecified atom stereocenters. The van der Waals surface area contributed by atoms with Crippen molar-refractivity contribution in [2.24, 2.45) is 0 Å².